The first-order valence-electron chi connectivity index (χ1n) is 10.6. The number of rotatable bonds is 8. The summed E-state index contributed by atoms with van der Waals surface area (Å²) in [7, 11) is 0. The number of nitro groups is 1. The van der Waals surface area contributed by atoms with Crippen LogP contribution in [0.4, 0.5) is 21.9 Å². The minimum atomic E-state index is -0.551. The summed E-state index contributed by atoms with van der Waals surface area (Å²) < 4.78 is 5.43. The number of halogens is 1. The normalized spacial score (nSPS) is 15.5. The number of hydrogen-bond donors (Lipinski definition) is 2. The van der Waals surface area contributed by atoms with Crippen molar-refractivity contribution in [2.75, 3.05) is 49.5 Å². The Hall–Kier alpha value is -2.26. The third kappa shape index (κ3) is 7.14. The second kappa shape index (κ2) is 10.9. The van der Waals surface area contributed by atoms with E-state index in [-0.39, 0.29) is 24.3 Å². The fourth-order valence-electron chi connectivity index (χ4n) is 3.39. The van der Waals surface area contributed by atoms with Gasteiger partial charge in [0.05, 0.1) is 15.6 Å². The van der Waals surface area contributed by atoms with Gasteiger partial charge in [-0.1, -0.05) is 18.5 Å². The number of ether oxygens (including phenoxy) is 1. The van der Waals surface area contributed by atoms with Gasteiger partial charge in [0.1, 0.15) is 11.3 Å². The Morgan fingerprint density at radius 3 is 2.52 bits per heavy atom. The fourth-order valence-corrected chi connectivity index (χ4v) is 3.74. The minimum Gasteiger partial charge on any atom is -0.444 e. The standard InChI is InChI=1S/C21H33ClN4O5/c1-15(6-5-13-27)14-23-19-17(26(29)30)8-7-16(18(19)22)24-9-11-25(12-10-24)20(28)31-21(2,3)4/h7-8,15,23,27H,5-6,9-14H2,1-4H3/t15-/m1/s1. The molecule has 0 radical (unpaired) electrons. The van der Waals surface area contributed by atoms with Crippen LogP contribution in [0.3, 0.4) is 0 Å². The van der Waals surface area contributed by atoms with Crippen LogP contribution in [0.2, 0.25) is 5.02 Å². The van der Waals surface area contributed by atoms with Gasteiger partial charge in [0.15, 0.2) is 0 Å². The van der Waals surface area contributed by atoms with E-state index in [1.54, 1.807) is 11.0 Å². The van der Waals surface area contributed by atoms with Crippen LogP contribution >= 0.6 is 11.6 Å². The Morgan fingerprint density at radius 2 is 1.97 bits per heavy atom. The molecule has 0 saturated carbocycles. The van der Waals surface area contributed by atoms with Crippen molar-refractivity contribution < 1.29 is 19.6 Å². The van der Waals surface area contributed by atoms with E-state index < -0.39 is 10.5 Å². The van der Waals surface area contributed by atoms with Crippen LogP contribution in [-0.2, 0) is 4.74 Å². The van der Waals surface area contributed by atoms with Crippen molar-refractivity contribution in [3.05, 3.63) is 27.3 Å². The highest BCUT2D eigenvalue weighted by Crippen LogP contribution is 2.40. The lowest BCUT2D eigenvalue weighted by molar-refractivity contribution is -0.383. The van der Waals surface area contributed by atoms with Crippen molar-refractivity contribution in [2.45, 2.75) is 46.1 Å². The molecule has 2 N–H and O–H groups in total. The van der Waals surface area contributed by atoms with E-state index in [0.717, 1.165) is 6.42 Å². The lowest BCUT2D eigenvalue weighted by Gasteiger charge is -2.37. The lowest BCUT2D eigenvalue weighted by atomic mass is 10.1. The molecule has 0 unspecified atom stereocenters. The van der Waals surface area contributed by atoms with Crippen LogP contribution in [0.1, 0.15) is 40.5 Å². The molecule has 1 saturated heterocycles. The van der Waals surface area contributed by atoms with E-state index in [1.807, 2.05) is 32.6 Å². The molecule has 9 nitrogen and oxygen atoms in total. The average molecular weight is 457 g/mol. The van der Waals surface area contributed by atoms with Gasteiger partial charge in [-0.2, -0.15) is 0 Å². The molecule has 1 fully saturated rings. The number of carbonyl (C=O) groups excluding carboxylic acids is 1. The summed E-state index contributed by atoms with van der Waals surface area (Å²) in [6, 6.07) is 3.12. The van der Waals surface area contributed by atoms with Gasteiger partial charge >= 0.3 is 6.09 Å². The zero-order valence-corrected chi connectivity index (χ0v) is 19.4. The zero-order valence-electron chi connectivity index (χ0n) is 18.7. The Morgan fingerprint density at radius 1 is 1.32 bits per heavy atom. The van der Waals surface area contributed by atoms with Crippen molar-refractivity contribution >= 4 is 34.8 Å². The van der Waals surface area contributed by atoms with Crippen LogP contribution in [0.5, 0.6) is 0 Å². The van der Waals surface area contributed by atoms with E-state index in [1.165, 1.54) is 6.07 Å². The molecule has 0 aliphatic carbocycles. The molecule has 174 valence electrons. The first kappa shape index (κ1) is 25.0. The predicted octanol–water partition coefficient (Wildman–Crippen LogP) is 4.13. The third-order valence-corrected chi connectivity index (χ3v) is 5.43. The Labute approximate surface area is 188 Å². The molecule has 1 heterocycles. The van der Waals surface area contributed by atoms with Crippen molar-refractivity contribution in [2.24, 2.45) is 5.92 Å². The van der Waals surface area contributed by atoms with E-state index >= 15 is 0 Å². The number of carbonyl (C=O) groups is 1. The van der Waals surface area contributed by atoms with E-state index in [0.29, 0.717) is 55.5 Å². The van der Waals surface area contributed by atoms with Crippen LogP contribution in [-0.4, -0.2) is 66.0 Å². The summed E-state index contributed by atoms with van der Waals surface area (Å²) in [5.74, 6) is 0.226. The smallest absolute Gasteiger partial charge is 0.410 e. The summed E-state index contributed by atoms with van der Waals surface area (Å²) in [6.45, 7) is 10.2. The number of piperazine rings is 1. The predicted molar refractivity (Wildman–Crippen MR) is 122 cm³/mol. The van der Waals surface area contributed by atoms with E-state index in [9.17, 15) is 14.9 Å². The highest BCUT2D eigenvalue weighted by atomic mass is 35.5. The molecule has 0 aromatic heterocycles. The van der Waals surface area contributed by atoms with Crippen LogP contribution in [0, 0.1) is 16.0 Å². The number of aliphatic hydroxyl groups excluding tert-OH is 1. The quantitative estimate of drug-likeness (QED) is 0.447. The van der Waals surface area contributed by atoms with E-state index in [4.69, 9.17) is 21.4 Å². The maximum Gasteiger partial charge on any atom is 0.410 e. The number of nitrogens with zero attached hydrogens (tertiary/aromatic N) is 3. The van der Waals surface area contributed by atoms with Gasteiger partial charge in [-0.3, -0.25) is 10.1 Å². The SMILES string of the molecule is C[C@H](CCCO)CNc1c([N+](=O)[O-])ccc(N2CCN(C(=O)OC(C)(C)C)CC2)c1Cl. The third-order valence-electron chi connectivity index (χ3n) is 5.05. The molecule has 1 aromatic rings. The molecule has 0 spiro atoms. The fraction of sp³-hybridized carbons (Fsp3) is 0.667. The van der Waals surface area contributed by atoms with Gasteiger partial charge in [-0.05, 0) is 45.6 Å². The topological polar surface area (TPSA) is 108 Å². The maximum absolute atomic E-state index is 12.3. The number of nitrogens with one attached hydrogen (secondary N) is 1. The molecular weight excluding hydrogens is 424 g/mol. The maximum atomic E-state index is 12.3. The summed E-state index contributed by atoms with van der Waals surface area (Å²) in [5, 5.41) is 23.9. The molecule has 1 atom stereocenters. The zero-order chi connectivity index (χ0) is 23.2. The van der Waals surface area contributed by atoms with Crippen molar-refractivity contribution in [1.29, 1.82) is 0 Å². The second-order valence-corrected chi connectivity index (χ2v) is 9.23. The highest BCUT2D eigenvalue weighted by molar-refractivity contribution is 6.36. The minimum absolute atomic E-state index is 0.0736. The van der Waals surface area contributed by atoms with Crippen molar-refractivity contribution in [1.82, 2.24) is 4.90 Å². The molecule has 10 heteroatoms. The molecule has 31 heavy (non-hydrogen) atoms. The summed E-state index contributed by atoms with van der Waals surface area (Å²) in [4.78, 5) is 27.0. The first-order valence-corrected chi connectivity index (χ1v) is 11.0. The molecule has 1 aliphatic rings. The first-order chi connectivity index (χ1) is 14.5. The van der Waals surface area contributed by atoms with Crippen molar-refractivity contribution in [3.63, 3.8) is 0 Å². The van der Waals surface area contributed by atoms with Gasteiger partial charge in [-0.25, -0.2) is 4.79 Å². The van der Waals surface area contributed by atoms with Gasteiger partial charge in [0, 0.05) is 45.4 Å². The monoisotopic (exact) mass is 456 g/mol. The molecule has 0 bridgehead atoms. The van der Waals surface area contributed by atoms with Gasteiger partial charge in [0.2, 0.25) is 0 Å². The van der Waals surface area contributed by atoms with Gasteiger partial charge in [-0.15, -0.1) is 0 Å². The number of amides is 1. The van der Waals surface area contributed by atoms with Crippen molar-refractivity contribution in [3.8, 4) is 0 Å². The van der Waals surface area contributed by atoms with Crippen LogP contribution in [0.15, 0.2) is 12.1 Å². The lowest BCUT2D eigenvalue weighted by Crippen LogP contribution is -2.50. The number of benzene rings is 1. The molecule has 1 amide bonds. The van der Waals surface area contributed by atoms with Crippen LogP contribution in [0.25, 0.3) is 0 Å². The molecular formula is C21H33ClN4O5. The van der Waals surface area contributed by atoms with Gasteiger partial charge in [0.25, 0.3) is 5.69 Å². The Bertz CT molecular complexity index is 776. The summed E-state index contributed by atoms with van der Waals surface area (Å²) in [5.41, 5.74) is 0.372. The number of anilines is 2. The highest BCUT2D eigenvalue weighted by Gasteiger charge is 2.28. The summed E-state index contributed by atoms with van der Waals surface area (Å²) >= 11 is 6.61. The summed E-state index contributed by atoms with van der Waals surface area (Å²) in [6.07, 6.45) is 1.14. The molecule has 2 rings (SSSR count). The van der Waals surface area contributed by atoms with Gasteiger partial charge < -0.3 is 25.0 Å². The molecule has 1 aromatic carbocycles. The number of aliphatic hydroxyl groups is 1. The van der Waals surface area contributed by atoms with Crippen LogP contribution < -0.4 is 10.2 Å². The number of nitro benzene ring substituents is 1. The Balaban J connectivity index is 2.12. The Kier molecular flexibility index (Phi) is 8.76. The largest absolute Gasteiger partial charge is 0.444 e. The second-order valence-electron chi connectivity index (χ2n) is 8.86. The van der Waals surface area contributed by atoms with E-state index in [2.05, 4.69) is 5.32 Å². The molecule has 1 aliphatic heterocycles. The average Bonchev–Trinajstić information content (AvgIpc) is 2.69. The number of hydrogen-bond acceptors (Lipinski definition) is 7.